The Morgan fingerprint density at radius 3 is 2.47 bits per heavy atom. The zero-order chi connectivity index (χ0) is 21.3. The van der Waals surface area contributed by atoms with Crippen molar-refractivity contribution in [2.24, 2.45) is 0 Å². The molecule has 152 valence electrons. The molecule has 0 fully saturated rings. The van der Waals surface area contributed by atoms with Crippen molar-refractivity contribution >= 4 is 34.5 Å². The van der Waals surface area contributed by atoms with Gasteiger partial charge in [0.05, 0.1) is 28.0 Å². The summed E-state index contributed by atoms with van der Waals surface area (Å²) in [5, 5.41) is 4.02. The number of H-pyrrole nitrogens is 1. The third kappa shape index (κ3) is 4.22. The number of alkyl halides is 3. The number of anilines is 1. The lowest BCUT2D eigenvalue weighted by Gasteiger charge is -2.10. The fourth-order valence-corrected chi connectivity index (χ4v) is 3.51. The van der Waals surface area contributed by atoms with Gasteiger partial charge in [0.2, 0.25) is 0 Å². The number of carbonyl (C=O) groups is 1. The molecule has 0 atom stereocenters. The van der Waals surface area contributed by atoms with Crippen molar-refractivity contribution in [3.05, 3.63) is 75.8 Å². The molecular weight excluding hydrogens is 437 g/mol. The monoisotopic (exact) mass is 448 g/mol. The van der Waals surface area contributed by atoms with E-state index in [-0.39, 0.29) is 22.3 Å². The SMILES string of the molecule is O=C(Nc1ccc(-c2cnc(-c3ccc(Cl)c(C(F)(F)F)c3)[nH]2)cc1)c1cscn1. The number of hydrogen-bond donors (Lipinski definition) is 2. The number of aromatic nitrogens is 3. The third-order valence-corrected chi connectivity index (χ3v) is 5.16. The van der Waals surface area contributed by atoms with Crippen molar-refractivity contribution in [2.45, 2.75) is 6.18 Å². The van der Waals surface area contributed by atoms with Crippen molar-refractivity contribution in [2.75, 3.05) is 5.32 Å². The van der Waals surface area contributed by atoms with Gasteiger partial charge in [0.15, 0.2) is 0 Å². The first-order chi connectivity index (χ1) is 14.3. The number of nitrogens with one attached hydrogen (secondary N) is 2. The number of hydrogen-bond acceptors (Lipinski definition) is 4. The standard InChI is InChI=1S/C20H12ClF3N4OS/c21-15-6-3-12(7-14(15)20(22,23)24)18-25-8-16(28-18)11-1-4-13(5-2-11)27-19(29)17-9-30-10-26-17/h1-10H,(H,25,28)(H,27,29). The van der Waals surface area contributed by atoms with Gasteiger partial charge in [0.1, 0.15) is 11.5 Å². The molecule has 10 heteroatoms. The summed E-state index contributed by atoms with van der Waals surface area (Å²) in [6.45, 7) is 0. The molecule has 0 unspecified atom stereocenters. The van der Waals surface area contributed by atoms with Crippen LogP contribution >= 0.6 is 22.9 Å². The van der Waals surface area contributed by atoms with E-state index in [1.54, 1.807) is 35.2 Å². The first-order valence-electron chi connectivity index (χ1n) is 8.53. The maximum absolute atomic E-state index is 13.1. The highest BCUT2D eigenvalue weighted by Crippen LogP contribution is 2.37. The van der Waals surface area contributed by atoms with Crippen LogP contribution in [0.2, 0.25) is 5.02 Å². The number of carbonyl (C=O) groups excluding carboxylic acids is 1. The molecule has 4 aromatic rings. The number of thiazole rings is 1. The predicted octanol–water partition coefficient (Wildman–Crippen LogP) is 6.12. The molecule has 0 bridgehead atoms. The highest BCUT2D eigenvalue weighted by atomic mass is 35.5. The lowest BCUT2D eigenvalue weighted by molar-refractivity contribution is -0.137. The molecule has 1 amide bonds. The molecule has 2 aromatic heterocycles. The molecule has 0 aliphatic rings. The molecule has 5 nitrogen and oxygen atoms in total. The smallest absolute Gasteiger partial charge is 0.338 e. The summed E-state index contributed by atoms with van der Waals surface area (Å²) < 4.78 is 39.3. The van der Waals surface area contributed by atoms with Crippen molar-refractivity contribution in [1.82, 2.24) is 15.0 Å². The molecule has 0 spiro atoms. The molecule has 0 saturated heterocycles. The van der Waals surface area contributed by atoms with Crippen LogP contribution in [0.1, 0.15) is 16.1 Å². The molecule has 30 heavy (non-hydrogen) atoms. The molecule has 0 radical (unpaired) electrons. The fourth-order valence-electron chi connectivity index (χ4n) is 2.76. The van der Waals surface area contributed by atoms with Crippen LogP contribution in [0.3, 0.4) is 0 Å². The average Bonchev–Trinajstić information content (AvgIpc) is 3.40. The van der Waals surface area contributed by atoms with Crippen molar-refractivity contribution in [1.29, 1.82) is 0 Å². The van der Waals surface area contributed by atoms with Gasteiger partial charge in [-0.15, -0.1) is 11.3 Å². The molecule has 0 aliphatic heterocycles. The second-order valence-electron chi connectivity index (χ2n) is 6.24. The number of imidazole rings is 1. The van der Waals surface area contributed by atoms with Crippen LogP contribution in [0.5, 0.6) is 0 Å². The Labute approximate surface area is 177 Å². The van der Waals surface area contributed by atoms with E-state index in [9.17, 15) is 18.0 Å². The van der Waals surface area contributed by atoms with Gasteiger partial charge in [-0.25, -0.2) is 9.97 Å². The van der Waals surface area contributed by atoms with E-state index in [0.29, 0.717) is 17.1 Å². The first-order valence-corrected chi connectivity index (χ1v) is 9.85. The minimum atomic E-state index is -4.55. The van der Waals surface area contributed by atoms with E-state index in [4.69, 9.17) is 11.6 Å². The zero-order valence-electron chi connectivity index (χ0n) is 15.0. The fraction of sp³-hybridized carbons (Fsp3) is 0.0500. The highest BCUT2D eigenvalue weighted by molar-refractivity contribution is 7.07. The minimum absolute atomic E-state index is 0.269. The summed E-state index contributed by atoms with van der Waals surface area (Å²) in [7, 11) is 0. The van der Waals surface area contributed by atoms with E-state index < -0.39 is 11.7 Å². The van der Waals surface area contributed by atoms with Crippen LogP contribution in [0.15, 0.2) is 59.6 Å². The van der Waals surface area contributed by atoms with Gasteiger partial charge in [-0.3, -0.25) is 4.79 Å². The summed E-state index contributed by atoms with van der Waals surface area (Å²) >= 11 is 7.00. The maximum Gasteiger partial charge on any atom is 0.417 e. The molecule has 0 aliphatic carbocycles. The Morgan fingerprint density at radius 1 is 1.07 bits per heavy atom. The summed E-state index contributed by atoms with van der Waals surface area (Å²) in [5.74, 6) is -0.0240. The van der Waals surface area contributed by atoms with E-state index in [1.807, 2.05) is 0 Å². The van der Waals surface area contributed by atoms with Crippen molar-refractivity contribution in [3.63, 3.8) is 0 Å². The summed E-state index contributed by atoms with van der Waals surface area (Å²) in [6, 6.07) is 10.6. The lowest BCUT2D eigenvalue weighted by Crippen LogP contribution is -2.11. The molecule has 4 rings (SSSR count). The molecule has 2 heterocycles. The van der Waals surface area contributed by atoms with E-state index >= 15 is 0 Å². The van der Waals surface area contributed by atoms with Crippen molar-refractivity contribution in [3.8, 4) is 22.6 Å². The Morgan fingerprint density at radius 2 is 1.80 bits per heavy atom. The van der Waals surface area contributed by atoms with Crippen LogP contribution in [0, 0.1) is 0 Å². The maximum atomic E-state index is 13.1. The van der Waals surface area contributed by atoms with E-state index in [0.717, 1.165) is 11.6 Å². The van der Waals surface area contributed by atoms with Crippen LogP contribution in [-0.2, 0) is 6.18 Å². The number of aromatic amines is 1. The van der Waals surface area contributed by atoms with Crippen LogP contribution in [-0.4, -0.2) is 20.9 Å². The number of benzene rings is 2. The average molecular weight is 449 g/mol. The van der Waals surface area contributed by atoms with E-state index in [2.05, 4.69) is 20.3 Å². The Kier molecular flexibility index (Phi) is 5.31. The molecule has 0 saturated carbocycles. The van der Waals surface area contributed by atoms with Crippen LogP contribution in [0.25, 0.3) is 22.6 Å². The summed E-state index contributed by atoms with van der Waals surface area (Å²) in [5.41, 5.74) is 3.22. The normalized spacial score (nSPS) is 11.5. The number of amides is 1. The van der Waals surface area contributed by atoms with Gasteiger partial charge in [0, 0.05) is 16.6 Å². The van der Waals surface area contributed by atoms with Crippen LogP contribution in [0.4, 0.5) is 18.9 Å². The lowest BCUT2D eigenvalue weighted by atomic mass is 10.1. The largest absolute Gasteiger partial charge is 0.417 e. The van der Waals surface area contributed by atoms with Gasteiger partial charge in [-0.1, -0.05) is 23.7 Å². The van der Waals surface area contributed by atoms with Crippen molar-refractivity contribution < 1.29 is 18.0 Å². The third-order valence-electron chi connectivity index (χ3n) is 4.24. The Bertz CT molecular complexity index is 1190. The number of nitrogens with zero attached hydrogens (tertiary/aromatic N) is 2. The second kappa shape index (κ2) is 7.92. The predicted molar refractivity (Wildman–Crippen MR) is 110 cm³/mol. The Balaban J connectivity index is 1.54. The molecule has 2 aromatic carbocycles. The summed E-state index contributed by atoms with van der Waals surface area (Å²) in [6.07, 6.45) is -3.03. The number of rotatable bonds is 4. The minimum Gasteiger partial charge on any atom is -0.338 e. The zero-order valence-corrected chi connectivity index (χ0v) is 16.6. The van der Waals surface area contributed by atoms with Gasteiger partial charge in [-0.2, -0.15) is 13.2 Å². The first kappa shape index (κ1) is 20.1. The Hall–Kier alpha value is -3.17. The van der Waals surface area contributed by atoms with E-state index in [1.165, 1.54) is 29.7 Å². The van der Waals surface area contributed by atoms with Gasteiger partial charge in [-0.05, 0) is 35.9 Å². The van der Waals surface area contributed by atoms with Gasteiger partial charge >= 0.3 is 6.18 Å². The topological polar surface area (TPSA) is 70.7 Å². The van der Waals surface area contributed by atoms with Crippen LogP contribution < -0.4 is 5.32 Å². The molecule has 2 N–H and O–H groups in total. The summed E-state index contributed by atoms with van der Waals surface area (Å²) in [4.78, 5) is 23.2. The van der Waals surface area contributed by atoms with Gasteiger partial charge < -0.3 is 10.3 Å². The molecular formula is C20H12ClF3N4OS. The van der Waals surface area contributed by atoms with Gasteiger partial charge in [0.25, 0.3) is 5.91 Å². The number of halogens is 4. The highest BCUT2D eigenvalue weighted by Gasteiger charge is 2.33. The quantitative estimate of drug-likeness (QED) is 0.395. The second-order valence-corrected chi connectivity index (χ2v) is 7.37.